The SMILES string of the molecule is CCCN(CCC)c1ccc(NS(=O)(=O)c2cccs2)cc1C(=O)O.O=C(O)C(F)(F)F. The molecule has 2 rings (SSSR count). The summed E-state index contributed by atoms with van der Waals surface area (Å²) in [6.07, 6.45) is -3.29. The zero-order valence-electron chi connectivity index (χ0n) is 17.2. The van der Waals surface area contributed by atoms with Crippen molar-refractivity contribution < 1.29 is 41.4 Å². The molecular weight excluding hydrogens is 473 g/mol. The van der Waals surface area contributed by atoms with Gasteiger partial charge in [0.25, 0.3) is 10.0 Å². The summed E-state index contributed by atoms with van der Waals surface area (Å²) in [4.78, 5) is 22.6. The maximum Gasteiger partial charge on any atom is 0.490 e. The summed E-state index contributed by atoms with van der Waals surface area (Å²) in [6, 6.07) is 7.80. The highest BCUT2D eigenvalue weighted by Crippen LogP contribution is 2.27. The summed E-state index contributed by atoms with van der Waals surface area (Å²) in [5.41, 5.74) is 0.936. The van der Waals surface area contributed by atoms with Gasteiger partial charge in [-0.15, -0.1) is 11.3 Å². The average molecular weight is 497 g/mol. The summed E-state index contributed by atoms with van der Waals surface area (Å²) in [5, 5.41) is 18.4. The first-order valence-electron chi connectivity index (χ1n) is 9.32. The molecule has 0 amide bonds. The number of rotatable bonds is 9. The zero-order chi connectivity index (χ0) is 24.5. The van der Waals surface area contributed by atoms with Gasteiger partial charge in [0.2, 0.25) is 0 Å². The van der Waals surface area contributed by atoms with Crippen molar-refractivity contribution in [2.75, 3.05) is 22.7 Å². The Hall–Kier alpha value is -2.80. The van der Waals surface area contributed by atoms with Gasteiger partial charge in [0.15, 0.2) is 0 Å². The molecule has 0 aliphatic rings. The molecule has 1 heterocycles. The van der Waals surface area contributed by atoms with E-state index in [2.05, 4.69) is 4.72 Å². The minimum Gasteiger partial charge on any atom is -0.478 e. The maximum atomic E-state index is 12.3. The number of hydrogen-bond acceptors (Lipinski definition) is 6. The number of carboxylic acids is 2. The van der Waals surface area contributed by atoms with Crippen molar-refractivity contribution in [2.24, 2.45) is 0 Å². The van der Waals surface area contributed by atoms with Crippen LogP contribution in [-0.4, -0.2) is 49.8 Å². The van der Waals surface area contributed by atoms with E-state index in [4.69, 9.17) is 9.90 Å². The van der Waals surface area contributed by atoms with E-state index in [0.29, 0.717) is 5.69 Å². The van der Waals surface area contributed by atoms with Crippen molar-refractivity contribution in [3.8, 4) is 0 Å². The minimum atomic E-state index is -5.08. The van der Waals surface area contributed by atoms with Crippen LogP contribution >= 0.6 is 11.3 Å². The van der Waals surface area contributed by atoms with Gasteiger partial charge in [-0.05, 0) is 42.5 Å². The van der Waals surface area contributed by atoms with Crippen molar-refractivity contribution in [2.45, 2.75) is 37.1 Å². The van der Waals surface area contributed by atoms with E-state index in [1.807, 2.05) is 18.7 Å². The van der Waals surface area contributed by atoms with Crippen LogP contribution in [0.2, 0.25) is 0 Å². The standard InChI is InChI=1S/C17H22N2O4S2.C2HF3O2/c1-3-9-19(10-4-2)15-8-7-13(12-14(15)17(20)21)18-25(22,23)16-6-5-11-24-16;3-2(4,5)1(6)7/h5-8,11-12,18H,3-4,9-10H2,1-2H3,(H,20,21);(H,6,7). The van der Waals surface area contributed by atoms with Crippen LogP contribution in [0.25, 0.3) is 0 Å². The molecule has 0 radical (unpaired) electrons. The molecule has 0 saturated carbocycles. The van der Waals surface area contributed by atoms with Gasteiger partial charge in [0.1, 0.15) is 4.21 Å². The second-order valence-electron chi connectivity index (χ2n) is 6.36. The molecule has 13 heteroatoms. The van der Waals surface area contributed by atoms with Gasteiger partial charge in [-0.2, -0.15) is 13.2 Å². The number of benzene rings is 1. The third-order valence-electron chi connectivity index (χ3n) is 3.81. The first-order valence-corrected chi connectivity index (χ1v) is 11.7. The predicted molar refractivity (Wildman–Crippen MR) is 115 cm³/mol. The van der Waals surface area contributed by atoms with Crippen LogP contribution in [0.4, 0.5) is 24.5 Å². The number of carboxylic acid groups (broad SMARTS) is 2. The highest BCUT2D eigenvalue weighted by Gasteiger charge is 2.38. The second kappa shape index (κ2) is 11.7. The smallest absolute Gasteiger partial charge is 0.478 e. The fraction of sp³-hybridized carbons (Fsp3) is 0.368. The number of thiophene rings is 1. The van der Waals surface area contributed by atoms with Gasteiger partial charge < -0.3 is 15.1 Å². The summed E-state index contributed by atoms with van der Waals surface area (Å²) >= 11 is 1.11. The molecule has 1 aromatic carbocycles. The number of aliphatic carboxylic acids is 1. The quantitative estimate of drug-likeness (QED) is 0.467. The lowest BCUT2D eigenvalue weighted by molar-refractivity contribution is -0.192. The lowest BCUT2D eigenvalue weighted by atomic mass is 10.1. The number of alkyl halides is 3. The molecule has 8 nitrogen and oxygen atoms in total. The number of sulfonamides is 1. The normalized spacial score (nSPS) is 11.3. The third-order valence-corrected chi connectivity index (χ3v) is 6.59. The van der Waals surface area contributed by atoms with Crippen LogP contribution in [0.1, 0.15) is 37.0 Å². The topological polar surface area (TPSA) is 124 Å². The first-order chi connectivity index (χ1) is 14.8. The monoisotopic (exact) mass is 496 g/mol. The number of hydrogen-bond donors (Lipinski definition) is 3. The van der Waals surface area contributed by atoms with Gasteiger partial charge in [-0.25, -0.2) is 18.0 Å². The van der Waals surface area contributed by atoms with E-state index in [9.17, 15) is 31.5 Å². The summed E-state index contributed by atoms with van der Waals surface area (Å²) in [7, 11) is -3.70. The fourth-order valence-corrected chi connectivity index (χ4v) is 4.60. The Kier molecular flexibility index (Phi) is 9.97. The van der Waals surface area contributed by atoms with Crippen molar-refractivity contribution in [1.82, 2.24) is 0 Å². The lowest BCUT2D eigenvalue weighted by Gasteiger charge is -2.25. The molecule has 2 aromatic rings. The van der Waals surface area contributed by atoms with Crippen molar-refractivity contribution >= 4 is 44.7 Å². The Bertz CT molecular complexity index is 1000. The second-order valence-corrected chi connectivity index (χ2v) is 9.22. The van der Waals surface area contributed by atoms with E-state index in [1.54, 1.807) is 23.6 Å². The van der Waals surface area contributed by atoms with Gasteiger partial charge in [-0.1, -0.05) is 19.9 Å². The summed E-state index contributed by atoms with van der Waals surface area (Å²) < 4.78 is 59.0. The van der Waals surface area contributed by atoms with Crippen molar-refractivity contribution in [3.63, 3.8) is 0 Å². The Morgan fingerprint density at radius 1 is 1.09 bits per heavy atom. The van der Waals surface area contributed by atoms with Gasteiger partial charge >= 0.3 is 18.1 Å². The molecule has 0 unspecified atom stereocenters. The van der Waals surface area contributed by atoms with Crippen molar-refractivity contribution in [1.29, 1.82) is 0 Å². The third kappa shape index (κ3) is 8.04. The highest BCUT2D eigenvalue weighted by atomic mass is 32.2. The fourth-order valence-electron chi connectivity index (χ4n) is 2.56. The van der Waals surface area contributed by atoms with Gasteiger partial charge in [0, 0.05) is 18.8 Å². The van der Waals surface area contributed by atoms with Crippen LogP contribution in [0.5, 0.6) is 0 Å². The Morgan fingerprint density at radius 3 is 2.06 bits per heavy atom. The molecule has 0 aliphatic carbocycles. The molecule has 178 valence electrons. The molecule has 0 aliphatic heterocycles. The molecule has 1 aromatic heterocycles. The predicted octanol–water partition coefficient (Wildman–Crippen LogP) is 4.51. The Morgan fingerprint density at radius 2 is 1.66 bits per heavy atom. The summed E-state index contributed by atoms with van der Waals surface area (Å²) in [5.74, 6) is -3.84. The largest absolute Gasteiger partial charge is 0.490 e. The van der Waals surface area contributed by atoms with Crippen LogP contribution in [0, 0.1) is 0 Å². The molecular formula is C19H23F3N2O6S2. The Balaban J connectivity index is 0.000000633. The number of carbonyl (C=O) groups is 2. The molecule has 0 saturated heterocycles. The number of anilines is 2. The van der Waals surface area contributed by atoms with Crippen LogP contribution < -0.4 is 9.62 Å². The average Bonchev–Trinajstić information content (AvgIpc) is 3.23. The molecule has 32 heavy (non-hydrogen) atoms. The number of halogens is 3. The number of nitrogens with one attached hydrogen (secondary N) is 1. The number of aromatic carboxylic acids is 1. The molecule has 0 fully saturated rings. The van der Waals surface area contributed by atoms with Crippen molar-refractivity contribution in [3.05, 3.63) is 41.3 Å². The van der Waals surface area contributed by atoms with Gasteiger partial charge in [0.05, 0.1) is 11.3 Å². The van der Waals surface area contributed by atoms with E-state index < -0.39 is 28.1 Å². The molecule has 0 atom stereocenters. The van der Waals surface area contributed by atoms with E-state index in [-0.39, 0.29) is 15.5 Å². The molecule has 3 N–H and O–H groups in total. The van der Waals surface area contributed by atoms with Crippen LogP contribution in [0.15, 0.2) is 39.9 Å². The van der Waals surface area contributed by atoms with Crippen LogP contribution in [0.3, 0.4) is 0 Å². The zero-order valence-corrected chi connectivity index (χ0v) is 18.9. The van der Waals surface area contributed by atoms with E-state index >= 15 is 0 Å². The van der Waals surface area contributed by atoms with Gasteiger partial charge in [-0.3, -0.25) is 4.72 Å². The maximum absolute atomic E-state index is 12.3. The molecule has 0 spiro atoms. The summed E-state index contributed by atoms with van der Waals surface area (Å²) in [6.45, 7) is 5.56. The Labute approximate surface area is 187 Å². The minimum absolute atomic E-state index is 0.0910. The highest BCUT2D eigenvalue weighted by molar-refractivity contribution is 7.94. The molecule has 0 bridgehead atoms. The van der Waals surface area contributed by atoms with E-state index in [0.717, 1.165) is 37.3 Å². The first kappa shape index (κ1) is 27.2. The van der Waals surface area contributed by atoms with E-state index in [1.165, 1.54) is 12.1 Å². The lowest BCUT2D eigenvalue weighted by Crippen LogP contribution is -2.27. The van der Waals surface area contributed by atoms with Crippen LogP contribution in [-0.2, 0) is 14.8 Å². The number of nitrogens with zero attached hydrogens (tertiary/aromatic N) is 1.